The van der Waals surface area contributed by atoms with E-state index in [1.165, 1.54) is 12.1 Å². The molecule has 0 atom stereocenters. The Morgan fingerprint density at radius 1 is 1.52 bits per heavy atom. The molecule has 4 N–H and O–H groups in total. The Balaban J connectivity index is 1.93. The predicted molar refractivity (Wildman–Crippen MR) is 73.4 cm³/mol. The largest absolute Gasteiger partial charge is 0.409 e. The van der Waals surface area contributed by atoms with Gasteiger partial charge in [0.15, 0.2) is 11.7 Å². The number of nitrogens with one attached hydrogen (secondary N) is 1. The number of halogens is 1. The lowest BCUT2D eigenvalue weighted by molar-refractivity contribution is 0.318. The van der Waals surface area contributed by atoms with Crippen molar-refractivity contribution in [2.24, 2.45) is 10.9 Å². The number of amidine groups is 1. The van der Waals surface area contributed by atoms with Crippen molar-refractivity contribution in [3.63, 3.8) is 0 Å². The van der Waals surface area contributed by atoms with Gasteiger partial charge < -0.3 is 20.8 Å². The van der Waals surface area contributed by atoms with Gasteiger partial charge in [0.2, 0.25) is 5.89 Å². The van der Waals surface area contributed by atoms with Crippen molar-refractivity contribution >= 4 is 5.84 Å². The van der Waals surface area contributed by atoms with Crippen LogP contribution in [0.1, 0.15) is 22.8 Å². The molecule has 2 rings (SSSR count). The van der Waals surface area contributed by atoms with Gasteiger partial charge in [-0.05, 0) is 24.6 Å². The molecule has 0 radical (unpaired) electrons. The Morgan fingerprint density at radius 2 is 2.33 bits per heavy atom. The Hall–Kier alpha value is -2.48. The van der Waals surface area contributed by atoms with Crippen LogP contribution in [-0.2, 0) is 13.0 Å². The molecule has 0 bridgehead atoms. The minimum absolute atomic E-state index is 0.126. The smallest absolute Gasteiger partial charge is 0.227 e. The molecule has 1 heterocycles. The van der Waals surface area contributed by atoms with Gasteiger partial charge in [-0.2, -0.15) is 4.98 Å². The summed E-state index contributed by atoms with van der Waals surface area (Å²) in [5, 5.41) is 18.5. The average Bonchev–Trinajstić information content (AvgIpc) is 2.89. The van der Waals surface area contributed by atoms with Crippen molar-refractivity contribution in [1.29, 1.82) is 0 Å². The van der Waals surface area contributed by atoms with Gasteiger partial charge in [0.05, 0.1) is 0 Å². The van der Waals surface area contributed by atoms with Crippen LogP contribution in [0.4, 0.5) is 4.39 Å². The molecule has 0 fully saturated rings. The van der Waals surface area contributed by atoms with E-state index in [0.29, 0.717) is 36.8 Å². The molecule has 0 amide bonds. The number of nitrogens with two attached hydrogens (primary N) is 1. The van der Waals surface area contributed by atoms with Gasteiger partial charge in [0, 0.05) is 25.1 Å². The van der Waals surface area contributed by atoms with Crippen molar-refractivity contribution in [2.45, 2.75) is 19.9 Å². The third-order valence-corrected chi connectivity index (χ3v) is 2.86. The summed E-state index contributed by atoms with van der Waals surface area (Å²) in [6.07, 6.45) is 0.584. The highest BCUT2D eigenvalue weighted by Gasteiger charge is 2.09. The van der Waals surface area contributed by atoms with E-state index >= 15 is 0 Å². The summed E-state index contributed by atoms with van der Waals surface area (Å²) in [4.78, 5) is 4.09. The molecule has 0 aliphatic rings. The van der Waals surface area contributed by atoms with Crippen LogP contribution in [0.25, 0.3) is 0 Å². The molecule has 112 valence electrons. The molecule has 0 saturated carbocycles. The van der Waals surface area contributed by atoms with Crippen molar-refractivity contribution < 1.29 is 14.1 Å². The average molecular weight is 293 g/mol. The first-order chi connectivity index (χ1) is 10.1. The molecule has 0 saturated heterocycles. The minimum atomic E-state index is -0.443. The van der Waals surface area contributed by atoms with Gasteiger partial charge in [-0.25, -0.2) is 4.39 Å². The molecular weight excluding hydrogens is 277 g/mol. The molecule has 0 unspecified atom stereocenters. The summed E-state index contributed by atoms with van der Waals surface area (Å²) < 4.78 is 18.2. The first-order valence-corrected chi connectivity index (χ1v) is 6.36. The quantitative estimate of drug-likeness (QED) is 0.240. The molecule has 2 aromatic rings. The Bertz CT molecular complexity index is 641. The third-order valence-electron chi connectivity index (χ3n) is 2.86. The first kappa shape index (κ1) is 14.9. The third kappa shape index (κ3) is 3.99. The molecule has 1 aromatic heterocycles. The SMILES string of the molecule is Cc1noc(CCNCc2ccc(F)cc2/C(N)=N/O)n1. The Labute approximate surface area is 120 Å². The second-order valence-corrected chi connectivity index (χ2v) is 4.45. The lowest BCUT2D eigenvalue weighted by Crippen LogP contribution is -2.21. The number of oxime groups is 1. The van der Waals surface area contributed by atoms with E-state index in [9.17, 15) is 4.39 Å². The second-order valence-electron chi connectivity index (χ2n) is 4.45. The molecule has 7 nitrogen and oxygen atoms in total. The molecule has 1 aromatic carbocycles. The lowest BCUT2D eigenvalue weighted by atomic mass is 10.1. The van der Waals surface area contributed by atoms with E-state index in [-0.39, 0.29) is 5.84 Å². The zero-order valence-corrected chi connectivity index (χ0v) is 11.5. The van der Waals surface area contributed by atoms with Crippen molar-refractivity contribution in [3.05, 3.63) is 46.9 Å². The molecule has 21 heavy (non-hydrogen) atoms. The molecular formula is C13H16FN5O2. The van der Waals surface area contributed by atoms with E-state index in [4.69, 9.17) is 15.5 Å². The van der Waals surface area contributed by atoms with Gasteiger partial charge in [-0.3, -0.25) is 0 Å². The molecule has 0 aliphatic carbocycles. The standard InChI is InChI=1S/C13H16FN5O2/c1-8-17-12(21-19-8)4-5-16-7-9-2-3-10(14)6-11(9)13(15)18-20/h2-3,6,16,20H,4-5,7H2,1H3,(H2,15,18). The molecule has 0 aliphatic heterocycles. The molecule has 0 spiro atoms. The van der Waals surface area contributed by atoms with E-state index in [1.54, 1.807) is 13.0 Å². The van der Waals surface area contributed by atoms with Crippen LogP contribution in [0.3, 0.4) is 0 Å². The van der Waals surface area contributed by atoms with Gasteiger partial charge >= 0.3 is 0 Å². The van der Waals surface area contributed by atoms with Crippen LogP contribution in [0.5, 0.6) is 0 Å². The fraction of sp³-hybridized carbons (Fsp3) is 0.308. The van der Waals surface area contributed by atoms with Gasteiger partial charge in [0.25, 0.3) is 0 Å². The highest BCUT2D eigenvalue weighted by atomic mass is 19.1. The number of hydrogen-bond acceptors (Lipinski definition) is 6. The van der Waals surface area contributed by atoms with Crippen LogP contribution in [0.2, 0.25) is 0 Å². The van der Waals surface area contributed by atoms with Gasteiger partial charge in [-0.15, -0.1) is 0 Å². The number of aromatic nitrogens is 2. The van der Waals surface area contributed by atoms with Gasteiger partial charge in [0.1, 0.15) is 5.82 Å². The summed E-state index contributed by atoms with van der Waals surface area (Å²) in [7, 11) is 0. The van der Waals surface area contributed by atoms with Crippen LogP contribution in [-0.4, -0.2) is 27.7 Å². The van der Waals surface area contributed by atoms with Crippen LogP contribution in [0, 0.1) is 12.7 Å². The number of aryl methyl sites for hydroxylation is 1. The number of benzene rings is 1. The van der Waals surface area contributed by atoms with E-state index in [1.807, 2.05) is 0 Å². The van der Waals surface area contributed by atoms with Crippen LogP contribution >= 0.6 is 0 Å². The molecule has 8 heteroatoms. The highest BCUT2D eigenvalue weighted by Crippen LogP contribution is 2.11. The summed E-state index contributed by atoms with van der Waals surface area (Å²) in [6, 6.07) is 4.15. The zero-order chi connectivity index (χ0) is 15.2. The maximum absolute atomic E-state index is 13.2. The Kier molecular flexibility index (Phi) is 4.83. The maximum atomic E-state index is 13.2. The monoisotopic (exact) mass is 293 g/mol. The van der Waals surface area contributed by atoms with Crippen molar-refractivity contribution in [1.82, 2.24) is 15.5 Å². The fourth-order valence-corrected chi connectivity index (χ4v) is 1.86. The Morgan fingerprint density at radius 3 is 3.00 bits per heavy atom. The van der Waals surface area contributed by atoms with Crippen molar-refractivity contribution in [3.8, 4) is 0 Å². The number of nitrogens with zero attached hydrogens (tertiary/aromatic N) is 3. The van der Waals surface area contributed by atoms with Gasteiger partial charge in [-0.1, -0.05) is 16.4 Å². The zero-order valence-electron chi connectivity index (χ0n) is 11.5. The minimum Gasteiger partial charge on any atom is -0.409 e. The van der Waals surface area contributed by atoms with E-state index < -0.39 is 5.82 Å². The summed E-state index contributed by atoms with van der Waals surface area (Å²) >= 11 is 0. The maximum Gasteiger partial charge on any atom is 0.227 e. The second kappa shape index (κ2) is 6.80. The van der Waals surface area contributed by atoms with E-state index in [0.717, 1.165) is 5.56 Å². The summed E-state index contributed by atoms with van der Waals surface area (Å²) in [5.41, 5.74) is 6.62. The normalized spacial score (nSPS) is 11.8. The predicted octanol–water partition coefficient (Wildman–Crippen LogP) is 0.944. The summed E-state index contributed by atoms with van der Waals surface area (Å²) in [5.74, 6) is 0.578. The number of hydrogen-bond donors (Lipinski definition) is 3. The lowest BCUT2D eigenvalue weighted by Gasteiger charge is -2.09. The fourth-order valence-electron chi connectivity index (χ4n) is 1.86. The first-order valence-electron chi connectivity index (χ1n) is 6.36. The number of rotatable bonds is 6. The van der Waals surface area contributed by atoms with E-state index in [2.05, 4.69) is 20.6 Å². The summed E-state index contributed by atoms with van der Waals surface area (Å²) in [6.45, 7) is 2.80. The van der Waals surface area contributed by atoms with Crippen LogP contribution < -0.4 is 11.1 Å². The highest BCUT2D eigenvalue weighted by molar-refractivity contribution is 5.98. The van der Waals surface area contributed by atoms with Crippen molar-refractivity contribution in [2.75, 3.05) is 6.54 Å². The topological polar surface area (TPSA) is 110 Å². The van der Waals surface area contributed by atoms with Crippen LogP contribution in [0.15, 0.2) is 27.9 Å².